The molecule has 2 heterocycles. The van der Waals surface area contributed by atoms with Crippen LogP contribution in [0.1, 0.15) is 18.7 Å². The molecule has 0 amide bonds. The van der Waals surface area contributed by atoms with Crippen molar-refractivity contribution in [1.82, 2.24) is 26.3 Å². The highest BCUT2D eigenvalue weighted by Crippen LogP contribution is 2.24. The van der Waals surface area contributed by atoms with Gasteiger partial charge in [0, 0.05) is 5.56 Å². The van der Waals surface area contributed by atoms with Crippen LogP contribution in [0.25, 0.3) is 11.4 Å². The molecular weight excluding hydrogens is 256 g/mol. The molecule has 0 radical (unpaired) electrons. The molecule has 106 valence electrons. The van der Waals surface area contributed by atoms with Gasteiger partial charge in [0.1, 0.15) is 0 Å². The minimum atomic E-state index is -0.275. The standard InChI is InChI=1S/C13H18N6O/c1-2-15-12-9(10(14)17-18-12)13-16-11(19-20-13)8-6-4-3-5-7-8/h3-7,9-10,12,15,17-18H,2,14H2,1H3. The number of aromatic nitrogens is 2. The van der Waals surface area contributed by atoms with Gasteiger partial charge in [0.05, 0.1) is 18.2 Å². The summed E-state index contributed by atoms with van der Waals surface area (Å²) < 4.78 is 5.39. The van der Waals surface area contributed by atoms with Crippen molar-refractivity contribution in [1.29, 1.82) is 0 Å². The Morgan fingerprint density at radius 3 is 2.85 bits per heavy atom. The third-order valence-corrected chi connectivity index (χ3v) is 3.33. The molecule has 0 bridgehead atoms. The third kappa shape index (κ3) is 2.44. The molecule has 2 aromatic rings. The zero-order valence-corrected chi connectivity index (χ0v) is 11.2. The summed E-state index contributed by atoms with van der Waals surface area (Å²) in [4.78, 5) is 4.47. The molecule has 3 rings (SSSR count). The van der Waals surface area contributed by atoms with Crippen LogP contribution in [-0.2, 0) is 0 Å². The summed E-state index contributed by atoms with van der Waals surface area (Å²) in [6, 6.07) is 9.73. The van der Waals surface area contributed by atoms with E-state index < -0.39 is 0 Å². The van der Waals surface area contributed by atoms with Gasteiger partial charge < -0.3 is 15.6 Å². The molecule has 0 aliphatic carbocycles. The molecule has 20 heavy (non-hydrogen) atoms. The molecule has 3 unspecified atom stereocenters. The molecule has 0 spiro atoms. The molecule has 1 aromatic heterocycles. The Morgan fingerprint density at radius 1 is 1.30 bits per heavy atom. The summed E-state index contributed by atoms with van der Waals surface area (Å²) in [7, 11) is 0. The summed E-state index contributed by atoms with van der Waals surface area (Å²) in [5.41, 5.74) is 13.0. The average Bonchev–Trinajstić information content (AvgIpc) is 3.07. The molecular formula is C13H18N6O. The second-order valence-electron chi connectivity index (χ2n) is 4.70. The average molecular weight is 274 g/mol. The maximum Gasteiger partial charge on any atom is 0.236 e. The Kier molecular flexibility index (Phi) is 3.75. The molecule has 0 saturated carbocycles. The molecule has 7 heteroatoms. The second-order valence-corrected chi connectivity index (χ2v) is 4.70. The Labute approximate surface area is 116 Å². The SMILES string of the molecule is CCNC1NNC(N)C1c1nc(-c2ccccc2)no1. The van der Waals surface area contributed by atoms with Gasteiger partial charge in [-0.05, 0) is 6.54 Å². The molecule has 5 N–H and O–H groups in total. The lowest BCUT2D eigenvalue weighted by molar-refractivity contribution is 0.316. The first kappa shape index (κ1) is 13.2. The van der Waals surface area contributed by atoms with Crippen molar-refractivity contribution in [3.05, 3.63) is 36.2 Å². The lowest BCUT2D eigenvalue weighted by Gasteiger charge is -2.17. The van der Waals surface area contributed by atoms with Crippen LogP contribution in [0.5, 0.6) is 0 Å². The zero-order valence-electron chi connectivity index (χ0n) is 11.2. The van der Waals surface area contributed by atoms with Gasteiger partial charge in [0.2, 0.25) is 11.7 Å². The van der Waals surface area contributed by atoms with E-state index in [1.54, 1.807) is 0 Å². The fourth-order valence-electron chi connectivity index (χ4n) is 2.34. The van der Waals surface area contributed by atoms with Crippen LogP contribution >= 0.6 is 0 Å². The van der Waals surface area contributed by atoms with Crippen molar-refractivity contribution in [2.24, 2.45) is 5.73 Å². The van der Waals surface area contributed by atoms with Gasteiger partial charge in [-0.15, -0.1) is 0 Å². The predicted molar refractivity (Wildman–Crippen MR) is 74.2 cm³/mol. The van der Waals surface area contributed by atoms with Crippen molar-refractivity contribution in [2.75, 3.05) is 6.54 Å². The van der Waals surface area contributed by atoms with Crippen LogP contribution in [0.4, 0.5) is 0 Å². The Balaban J connectivity index is 1.85. The van der Waals surface area contributed by atoms with Gasteiger partial charge in [-0.1, -0.05) is 42.4 Å². The van der Waals surface area contributed by atoms with Gasteiger partial charge in [-0.2, -0.15) is 4.98 Å². The first-order chi connectivity index (χ1) is 9.79. The monoisotopic (exact) mass is 274 g/mol. The molecule has 1 fully saturated rings. The summed E-state index contributed by atoms with van der Waals surface area (Å²) >= 11 is 0. The number of hydrogen-bond donors (Lipinski definition) is 4. The van der Waals surface area contributed by atoms with Crippen LogP contribution in [0, 0.1) is 0 Å². The van der Waals surface area contributed by atoms with E-state index in [0.717, 1.165) is 12.1 Å². The van der Waals surface area contributed by atoms with E-state index in [1.807, 2.05) is 37.3 Å². The number of rotatable bonds is 4. The Bertz CT molecular complexity index is 555. The lowest BCUT2D eigenvalue weighted by Crippen LogP contribution is -2.43. The summed E-state index contributed by atoms with van der Waals surface area (Å²) in [6.45, 7) is 2.86. The predicted octanol–water partition coefficient (Wildman–Crippen LogP) is 0.148. The number of benzene rings is 1. The lowest BCUT2D eigenvalue weighted by atomic mass is 10.1. The van der Waals surface area contributed by atoms with Gasteiger partial charge in [0.25, 0.3) is 0 Å². The van der Waals surface area contributed by atoms with E-state index in [9.17, 15) is 0 Å². The molecule has 1 aliphatic rings. The molecule has 7 nitrogen and oxygen atoms in total. The van der Waals surface area contributed by atoms with Crippen LogP contribution in [0.15, 0.2) is 34.9 Å². The van der Waals surface area contributed by atoms with Crippen molar-refractivity contribution in [3.8, 4) is 11.4 Å². The van der Waals surface area contributed by atoms with Crippen molar-refractivity contribution in [3.63, 3.8) is 0 Å². The van der Waals surface area contributed by atoms with E-state index in [4.69, 9.17) is 10.3 Å². The van der Waals surface area contributed by atoms with Crippen LogP contribution < -0.4 is 21.9 Å². The first-order valence-corrected chi connectivity index (χ1v) is 6.68. The van der Waals surface area contributed by atoms with E-state index in [1.165, 1.54) is 0 Å². The number of nitrogens with zero attached hydrogens (tertiary/aromatic N) is 2. The minimum absolute atomic E-state index is 0.0286. The van der Waals surface area contributed by atoms with Gasteiger partial charge in [-0.25, -0.2) is 10.9 Å². The van der Waals surface area contributed by atoms with Gasteiger partial charge in [0.15, 0.2) is 0 Å². The van der Waals surface area contributed by atoms with E-state index in [0.29, 0.717) is 11.7 Å². The van der Waals surface area contributed by atoms with E-state index in [2.05, 4.69) is 26.3 Å². The number of nitrogens with two attached hydrogens (primary N) is 1. The normalized spacial score (nSPS) is 26.0. The molecule has 1 saturated heterocycles. The fourth-order valence-corrected chi connectivity index (χ4v) is 2.34. The highest BCUT2D eigenvalue weighted by Gasteiger charge is 2.38. The second kappa shape index (κ2) is 5.68. The van der Waals surface area contributed by atoms with E-state index >= 15 is 0 Å². The van der Waals surface area contributed by atoms with Crippen molar-refractivity contribution < 1.29 is 4.52 Å². The highest BCUT2D eigenvalue weighted by atomic mass is 16.5. The highest BCUT2D eigenvalue weighted by molar-refractivity contribution is 5.53. The number of nitrogens with one attached hydrogen (secondary N) is 3. The van der Waals surface area contributed by atoms with Crippen LogP contribution in [0.3, 0.4) is 0 Å². The first-order valence-electron chi connectivity index (χ1n) is 6.68. The summed E-state index contributed by atoms with van der Waals surface area (Å²) in [5, 5.41) is 7.33. The van der Waals surface area contributed by atoms with Crippen LogP contribution in [0.2, 0.25) is 0 Å². The molecule has 1 aliphatic heterocycles. The van der Waals surface area contributed by atoms with Crippen molar-refractivity contribution in [2.45, 2.75) is 25.2 Å². The number of hydrogen-bond acceptors (Lipinski definition) is 7. The summed E-state index contributed by atoms with van der Waals surface area (Å²) in [5.74, 6) is 0.995. The minimum Gasteiger partial charge on any atom is -0.338 e. The largest absolute Gasteiger partial charge is 0.338 e. The number of likely N-dealkylation sites (N-methyl/N-ethyl adjacent to an activating group) is 1. The summed E-state index contributed by atoms with van der Waals surface area (Å²) in [6.07, 6.45) is -0.304. The van der Waals surface area contributed by atoms with Gasteiger partial charge in [-0.3, -0.25) is 0 Å². The third-order valence-electron chi connectivity index (χ3n) is 3.33. The van der Waals surface area contributed by atoms with Gasteiger partial charge >= 0.3 is 0 Å². The Hall–Kier alpha value is -1.80. The van der Waals surface area contributed by atoms with Crippen molar-refractivity contribution >= 4 is 0 Å². The maximum atomic E-state index is 6.04. The topological polar surface area (TPSA) is 101 Å². The fraction of sp³-hybridized carbons (Fsp3) is 0.385. The van der Waals surface area contributed by atoms with E-state index in [-0.39, 0.29) is 18.2 Å². The zero-order chi connectivity index (χ0) is 13.9. The molecule has 1 aromatic carbocycles. The Morgan fingerprint density at radius 2 is 2.10 bits per heavy atom. The molecule has 3 atom stereocenters. The van der Waals surface area contributed by atoms with Crippen LogP contribution in [-0.4, -0.2) is 29.0 Å². The maximum absolute atomic E-state index is 6.04. The smallest absolute Gasteiger partial charge is 0.236 e. The quantitative estimate of drug-likeness (QED) is 0.629. The number of hydrazine groups is 1.